The number of aromatic nitrogens is 1. The topological polar surface area (TPSA) is 88.8 Å². The van der Waals surface area contributed by atoms with Crippen LogP contribution in [0.1, 0.15) is 41.4 Å². The van der Waals surface area contributed by atoms with E-state index in [4.69, 9.17) is 11.6 Å². The van der Waals surface area contributed by atoms with E-state index in [-0.39, 0.29) is 28.0 Å². The van der Waals surface area contributed by atoms with Crippen molar-refractivity contribution >= 4 is 34.4 Å². The number of benzene rings is 2. The molecule has 0 aliphatic carbocycles. The fraction of sp³-hybridized carbons (Fsp3) is 0.273. The maximum absolute atomic E-state index is 13.3. The minimum absolute atomic E-state index is 0.00250. The lowest BCUT2D eigenvalue weighted by atomic mass is 9.86. The van der Waals surface area contributed by atoms with E-state index in [1.807, 2.05) is 0 Å². The van der Waals surface area contributed by atoms with Gasteiger partial charge in [-0.3, -0.25) is 14.2 Å². The molecule has 0 fully saturated rings. The number of aliphatic carboxylic acids is 1. The molecular weight excluding hydrogens is 432 g/mol. The van der Waals surface area contributed by atoms with Gasteiger partial charge in [-0.2, -0.15) is 8.78 Å². The first-order chi connectivity index (χ1) is 14.5. The van der Waals surface area contributed by atoms with Gasteiger partial charge in [-0.25, -0.2) is 0 Å². The fourth-order valence-corrected chi connectivity index (χ4v) is 3.91. The molecule has 2 aromatic carbocycles. The molecule has 3 rings (SSSR count). The minimum Gasteiger partial charge on any atom is -0.506 e. The van der Waals surface area contributed by atoms with Crippen molar-refractivity contribution < 1.29 is 33.3 Å². The summed E-state index contributed by atoms with van der Waals surface area (Å²) in [5.41, 5.74) is 1.29. The van der Waals surface area contributed by atoms with Crippen LogP contribution in [0.4, 0.5) is 8.78 Å². The Morgan fingerprint density at radius 1 is 1.13 bits per heavy atom. The fourth-order valence-electron chi connectivity index (χ4n) is 3.75. The Hall–Kier alpha value is -3.13. The number of nitrogens with zero attached hydrogens (tertiary/aromatic N) is 1. The molecular formula is C22H20ClF2NO5. The van der Waals surface area contributed by atoms with Gasteiger partial charge in [0.25, 0.3) is 5.91 Å². The highest BCUT2D eigenvalue weighted by atomic mass is 35.5. The van der Waals surface area contributed by atoms with Gasteiger partial charge in [-0.15, -0.1) is 0 Å². The number of fused-ring (bicyclic) bond motifs is 1. The van der Waals surface area contributed by atoms with Crippen LogP contribution < -0.4 is 4.74 Å². The number of phenols is 1. The number of halogens is 3. The Labute approximate surface area is 181 Å². The molecule has 9 heteroatoms. The third-order valence-electron chi connectivity index (χ3n) is 5.09. The van der Waals surface area contributed by atoms with Crippen molar-refractivity contribution in [1.29, 1.82) is 0 Å². The average Bonchev–Trinajstić information content (AvgIpc) is 2.93. The molecule has 0 radical (unpaired) electrons. The van der Waals surface area contributed by atoms with Crippen LogP contribution >= 0.6 is 11.6 Å². The third kappa shape index (κ3) is 4.20. The largest absolute Gasteiger partial charge is 0.506 e. The number of rotatable bonds is 6. The van der Waals surface area contributed by atoms with Gasteiger partial charge in [0.1, 0.15) is 11.5 Å². The monoisotopic (exact) mass is 451 g/mol. The Morgan fingerprint density at radius 3 is 2.26 bits per heavy atom. The van der Waals surface area contributed by atoms with E-state index in [1.165, 1.54) is 41.0 Å². The van der Waals surface area contributed by atoms with Crippen LogP contribution in [-0.4, -0.2) is 33.3 Å². The molecule has 1 aromatic heterocycles. The van der Waals surface area contributed by atoms with E-state index >= 15 is 0 Å². The van der Waals surface area contributed by atoms with Crippen molar-refractivity contribution in [3.05, 3.63) is 58.2 Å². The van der Waals surface area contributed by atoms with Gasteiger partial charge in [0.2, 0.25) is 0 Å². The van der Waals surface area contributed by atoms with Crippen LogP contribution in [-0.2, 0) is 4.79 Å². The summed E-state index contributed by atoms with van der Waals surface area (Å²) in [4.78, 5) is 25.3. The maximum atomic E-state index is 13.3. The molecule has 2 N–H and O–H groups in total. The molecule has 164 valence electrons. The van der Waals surface area contributed by atoms with Gasteiger partial charge < -0.3 is 14.9 Å². The van der Waals surface area contributed by atoms with E-state index < -0.39 is 24.4 Å². The molecule has 0 spiro atoms. The Morgan fingerprint density at radius 2 is 1.74 bits per heavy atom. The molecule has 1 heterocycles. The highest BCUT2D eigenvalue weighted by Gasteiger charge is 2.32. The molecule has 1 unspecified atom stereocenters. The third-order valence-corrected chi connectivity index (χ3v) is 5.40. The molecule has 0 saturated carbocycles. The predicted molar refractivity (Wildman–Crippen MR) is 111 cm³/mol. The van der Waals surface area contributed by atoms with Gasteiger partial charge in [0.05, 0.1) is 16.5 Å². The van der Waals surface area contributed by atoms with E-state index in [1.54, 1.807) is 20.8 Å². The van der Waals surface area contributed by atoms with Gasteiger partial charge in [0.15, 0.2) is 0 Å². The van der Waals surface area contributed by atoms with E-state index in [9.17, 15) is 28.6 Å². The number of hydrogen-bond donors (Lipinski definition) is 2. The lowest BCUT2D eigenvalue weighted by Gasteiger charge is -2.17. The molecule has 0 bridgehead atoms. The van der Waals surface area contributed by atoms with Crippen molar-refractivity contribution in [2.75, 3.05) is 0 Å². The van der Waals surface area contributed by atoms with Crippen molar-refractivity contribution in [2.45, 2.75) is 33.3 Å². The molecule has 0 aliphatic heterocycles. The van der Waals surface area contributed by atoms with Crippen molar-refractivity contribution in [3.8, 4) is 11.5 Å². The van der Waals surface area contributed by atoms with Crippen molar-refractivity contribution in [2.24, 2.45) is 5.92 Å². The van der Waals surface area contributed by atoms with Crippen molar-refractivity contribution in [3.63, 3.8) is 0 Å². The maximum Gasteiger partial charge on any atom is 0.387 e. The predicted octanol–water partition coefficient (Wildman–Crippen LogP) is 5.42. The number of ether oxygens (including phenoxy) is 1. The quantitative estimate of drug-likeness (QED) is 0.522. The molecule has 31 heavy (non-hydrogen) atoms. The highest BCUT2D eigenvalue weighted by Crippen LogP contribution is 2.40. The first kappa shape index (κ1) is 22.6. The summed E-state index contributed by atoms with van der Waals surface area (Å²) in [5.74, 6) is -3.13. The summed E-state index contributed by atoms with van der Waals surface area (Å²) in [6.45, 7) is 2.13. The summed E-state index contributed by atoms with van der Waals surface area (Å²) in [7, 11) is 0. The second-order valence-electron chi connectivity index (χ2n) is 7.42. The van der Waals surface area contributed by atoms with Crippen LogP contribution in [0.5, 0.6) is 11.5 Å². The zero-order chi connectivity index (χ0) is 23.0. The molecule has 1 atom stereocenters. The summed E-state index contributed by atoms with van der Waals surface area (Å²) in [5, 5.41) is 20.3. The summed E-state index contributed by atoms with van der Waals surface area (Å²) in [6, 6.07) is 7.91. The van der Waals surface area contributed by atoms with E-state index in [0.717, 1.165) is 0 Å². The smallest absolute Gasteiger partial charge is 0.387 e. The zero-order valence-electron chi connectivity index (χ0n) is 16.9. The first-order valence-electron chi connectivity index (χ1n) is 9.38. The molecule has 0 aliphatic rings. The van der Waals surface area contributed by atoms with Crippen molar-refractivity contribution in [1.82, 2.24) is 4.57 Å². The lowest BCUT2D eigenvalue weighted by molar-refractivity contribution is -0.139. The SMILES string of the molecule is Cc1c(C(C(=O)O)C(C)C)c2cc(O)c(Cl)cc2n1C(=O)c1ccc(OC(F)F)cc1. The Bertz CT molecular complexity index is 1160. The van der Waals surface area contributed by atoms with Crippen LogP contribution in [0.3, 0.4) is 0 Å². The Kier molecular flexibility index (Phi) is 6.22. The standard InChI is InChI=1S/C22H20ClF2NO5/c1-10(2)18(21(29)30)19-11(3)26(16-9-15(23)17(27)8-14(16)19)20(28)12-4-6-13(7-5-12)31-22(24)25/h4-10,18,22,27H,1-3H3,(H,29,30). The number of carboxylic acid groups (broad SMARTS) is 1. The first-order valence-corrected chi connectivity index (χ1v) is 9.76. The Balaban J connectivity index is 2.22. The second kappa shape index (κ2) is 8.55. The second-order valence-corrected chi connectivity index (χ2v) is 7.83. The van der Waals surface area contributed by atoms with Crippen LogP contribution in [0.2, 0.25) is 5.02 Å². The molecule has 6 nitrogen and oxygen atoms in total. The van der Waals surface area contributed by atoms with Crippen LogP contribution in [0.15, 0.2) is 36.4 Å². The number of alkyl halides is 2. The summed E-state index contributed by atoms with van der Waals surface area (Å²) in [6.07, 6.45) is 0. The summed E-state index contributed by atoms with van der Waals surface area (Å²) >= 11 is 6.07. The minimum atomic E-state index is -2.99. The number of aromatic hydroxyl groups is 1. The number of phenolic OH excluding ortho intramolecular Hbond substituents is 1. The molecule has 3 aromatic rings. The number of carbonyl (C=O) groups excluding carboxylic acids is 1. The zero-order valence-corrected chi connectivity index (χ0v) is 17.7. The lowest BCUT2D eigenvalue weighted by Crippen LogP contribution is -2.19. The highest BCUT2D eigenvalue weighted by molar-refractivity contribution is 6.33. The van der Waals surface area contributed by atoms with E-state index in [0.29, 0.717) is 22.2 Å². The summed E-state index contributed by atoms with van der Waals surface area (Å²) < 4.78 is 30.4. The van der Waals surface area contributed by atoms with Crippen LogP contribution in [0.25, 0.3) is 10.9 Å². The molecule has 0 amide bonds. The average molecular weight is 452 g/mol. The van der Waals surface area contributed by atoms with Crippen LogP contribution in [0, 0.1) is 12.8 Å². The van der Waals surface area contributed by atoms with Gasteiger partial charge >= 0.3 is 12.6 Å². The number of carbonyl (C=O) groups is 2. The normalized spacial score (nSPS) is 12.5. The number of carboxylic acids is 1. The van der Waals surface area contributed by atoms with Gasteiger partial charge in [-0.1, -0.05) is 25.4 Å². The molecule has 0 saturated heterocycles. The number of hydrogen-bond acceptors (Lipinski definition) is 4. The van der Waals surface area contributed by atoms with Gasteiger partial charge in [-0.05, 0) is 54.8 Å². The van der Waals surface area contributed by atoms with Gasteiger partial charge in [0, 0.05) is 16.6 Å². The van der Waals surface area contributed by atoms with E-state index in [2.05, 4.69) is 4.74 Å².